The highest BCUT2D eigenvalue weighted by Gasteiger charge is 2.33. The van der Waals surface area contributed by atoms with Gasteiger partial charge in [-0.15, -0.1) is 0 Å². The van der Waals surface area contributed by atoms with Crippen molar-refractivity contribution in [1.29, 1.82) is 0 Å². The lowest BCUT2D eigenvalue weighted by atomic mass is 10.1. The Labute approximate surface area is 152 Å². The van der Waals surface area contributed by atoms with E-state index in [-0.39, 0.29) is 24.8 Å². The summed E-state index contributed by atoms with van der Waals surface area (Å²) in [6.07, 6.45) is -0.348. The number of carbonyl (C=O) groups excluding carboxylic acids is 1. The van der Waals surface area contributed by atoms with E-state index in [9.17, 15) is 18.0 Å². The number of amides is 1. The number of rotatable bonds is 6. The van der Waals surface area contributed by atoms with Crippen LogP contribution >= 0.6 is 0 Å². The van der Waals surface area contributed by atoms with E-state index in [1.165, 1.54) is 18.7 Å². The van der Waals surface area contributed by atoms with Gasteiger partial charge in [-0.2, -0.15) is 13.2 Å². The highest BCUT2D eigenvalue weighted by molar-refractivity contribution is 5.94. The van der Waals surface area contributed by atoms with Gasteiger partial charge in [-0.1, -0.05) is 12.1 Å². The van der Waals surface area contributed by atoms with E-state index in [0.29, 0.717) is 11.3 Å². The van der Waals surface area contributed by atoms with Gasteiger partial charge in [0.25, 0.3) is 5.91 Å². The zero-order valence-electron chi connectivity index (χ0n) is 14.0. The van der Waals surface area contributed by atoms with Crippen molar-refractivity contribution >= 4 is 11.7 Å². The Hall–Kier alpha value is -3.36. The van der Waals surface area contributed by atoms with E-state index in [1.54, 1.807) is 30.5 Å². The minimum Gasteiger partial charge on any atom is -0.444 e. The molecule has 0 unspecified atom stereocenters. The maximum Gasteiger partial charge on any atom is 0.419 e. The molecule has 6 nitrogen and oxygen atoms in total. The fourth-order valence-corrected chi connectivity index (χ4v) is 2.38. The monoisotopic (exact) mass is 376 g/mol. The molecule has 9 heteroatoms. The van der Waals surface area contributed by atoms with E-state index in [2.05, 4.69) is 20.6 Å². The maximum atomic E-state index is 12.9. The molecule has 1 amide bonds. The van der Waals surface area contributed by atoms with Crippen molar-refractivity contribution in [3.63, 3.8) is 0 Å². The summed E-state index contributed by atoms with van der Waals surface area (Å²) in [4.78, 5) is 19.6. The molecule has 2 aromatic heterocycles. The van der Waals surface area contributed by atoms with Crippen molar-refractivity contribution in [2.75, 3.05) is 18.4 Å². The first-order valence-electron chi connectivity index (χ1n) is 7.98. The second-order valence-corrected chi connectivity index (χ2v) is 5.52. The molecule has 0 spiro atoms. The number of anilines is 1. The number of pyridine rings is 1. The predicted octanol–water partition coefficient (Wildman–Crippen LogP) is 3.60. The van der Waals surface area contributed by atoms with Gasteiger partial charge in [0.05, 0.1) is 11.8 Å². The summed E-state index contributed by atoms with van der Waals surface area (Å²) >= 11 is 0. The third kappa shape index (κ3) is 4.63. The van der Waals surface area contributed by atoms with Gasteiger partial charge < -0.3 is 15.1 Å². The van der Waals surface area contributed by atoms with E-state index in [4.69, 9.17) is 4.42 Å². The van der Waals surface area contributed by atoms with Crippen LogP contribution in [0.2, 0.25) is 0 Å². The van der Waals surface area contributed by atoms with Crippen LogP contribution in [-0.4, -0.2) is 29.0 Å². The number of nitrogens with one attached hydrogen (secondary N) is 2. The molecule has 0 saturated heterocycles. The van der Waals surface area contributed by atoms with Gasteiger partial charge in [0, 0.05) is 30.4 Å². The smallest absolute Gasteiger partial charge is 0.419 e. The van der Waals surface area contributed by atoms with E-state index in [1.807, 2.05) is 0 Å². The Morgan fingerprint density at radius 2 is 1.89 bits per heavy atom. The van der Waals surface area contributed by atoms with Gasteiger partial charge in [0.2, 0.25) is 0 Å². The first kappa shape index (κ1) is 18.4. The molecule has 140 valence electrons. The topological polar surface area (TPSA) is 80.0 Å². The Bertz CT molecular complexity index is 894. The normalized spacial score (nSPS) is 11.2. The van der Waals surface area contributed by atoms with Crippen LogP contribution in [0.4, 0.5) is 19.0 Å². The summed E-state index contributed by atoms with van der Waals surface area (Å²) in [6, 6.07) is 8.86. The lowest BCUT2D eigenvalue weighted by Gasteiger charge is -2.13. The molecule has 0 atom stereocenters. The van der Waals surface area contributed by atoms with Crippen molar-refractivity contribution in [1.82, 2.24) is 15.3 Å². The van der Waals surface area contributed by atoms with Gasteiger partial charge >= 0.3 is 6.18 Å². The fourth-order valence-electron chi connectivity index (χ4n) is 2.38. The Morgan fingerprint density at radius 3 is 2.56 bits per heavy atom. The maximum absolute atomic E-state index is 12.9. The molecule has 0 aliphatic rings. The van der Waals surface area contributed by atoms with E-state index in [0.717, 1.165) is 11.6 Å². The molecule has 2 heterocycles. The molecule has 0 bridgehead atoms. The summed E-state index contributed by atoms with van der Waals surface area (Å²) in [6.45, 7) is 0.235. The third-order valence-electron chi connectivity index (χ3n) is 3.68. The van der Waals surface area contributed by atoms with Crippen molar-refractivity contribution in [3.05, 3.63) is 66.3 Å². The molecule has 1 aromatic carbocycles. The summed E-state index contributed by atoms with van der Waals surface area (Å²) < 4.78 is 43.8. The van der Waals surface area contributed by atoms with Gasteiger partial charge in [0.15, 0.2) is 12.2 Å². The zero-order chi connectivity index (χ0) is 19.3. The van der Waals surface area contributed by atoms with Crippen LogP contribution in [0, 0.1) is 0 Å². The number of hydrogen-bond acceptors (Lipinski definition) is 5. The van der Waals surface area contributed by atoms with Gasteiger partial charge in [-0.05, 0) is 24.3 Å². The van der Waals surface area contributed by atoms with Gasteiger partial charge in [-0.3, -0.25) is 4.79 Å². The van der Waals surface area contributed by atoms with Gasteiger partial charge in [-0.25, -0.2) is 9.97 Å². The van der Waals surface area contributed by atoms with Crippen LogP contribution in [0.5, 0.6) is 0 Å². The Kier molecular flexibility index (Phi) is 5.39. The van der Waals surface area contributed by atoms with Crippen LogP contribution in [0.15, 0.2) is 59.6 Å². The minimum atomic E-state index is -4.49. The molecular weight excluding hydrogens is 361 g/mol. The number of aromatic nitrogens is 2. The first-order valence-corrected chi connectivity index (χ1v) is 7.98. The van der Waals surface area contributed by atoms with Gasteiger partial charge in [0.1, 0.15) is 5.82 Å². The number of benzene rings is 1. The third-order valence-corrected chi connectivity index (χ3v) is 3.68. The summed E-state index contributed by atoms with van der Waals surface area (Å²) in [5, 5.41) is 5.22. The molecule has 0 saturated carbocycles. The van der Waals surface area contributed by atoms with Crippen LogP contribution < -0.4 is 10.6 Å². The molecule has 0 fully saturated rings. The van der Waals surface area contributed by atoms with Crippen LogP contribution in [-0.2, 0) is 6.18 Å². The van der Waals surface area contributed by atoms with E-state index < -0.39 is 11.7 Å². The number of hydrogen-bond donors (Lipinski definition) is 2. The predicted molar refractivity (Wildman–Crippen MR) is 92.0 cm³/mol. The Morgan fingerprint density at radius 1 is 1.11 bits per heavy atom. The van der Waals surface area contributed by atoms with E-state index >= 15 is 0 Å². The van der Waals surface area contributed by atoms with Crippen LogP contribution in [0.1, 0.15) is 15.9 Å². The zero-order valence-corrected chi connectivity index (χ0v) is 14.0. The second kappa shape index (κ2) is 7.90. The quantitative estimate of drug-likeness (QED) is 0.643. The SMILES string of the molecule is O=C(NCCNc1ncccc1C(F)(F)F)c1ccc(-c2cnco2)cc1. The average Bonchev–Trinajstić information content (AvgIpc) is 3.19. The number of alkyl halides is 3. The van der Waals surface area contributed by atoms with Crippen molar-refractivity contribution in [2.24, 2.45) is 0 Å². The molecular formula is C18H15F3N4O2. The molecule has 0 aliphatic heterocycles. The molecule has 2 N–H and O–H groups in total. The van der Waals surface area contributed by atoms with Crippen LogP contribution in [0.3, 0.4) is 0 Å². The number of nitrogens with zero attached hydrogens (tertiary/aromatic N) is 2. The standard InChI is InChI=1S/C18H15F3N4O2/c19-18(20,21)14-2-1-7-23-16(14)24-8-9-25-17(26)13-5-3-12(4-6-13)15-10-22-11-27-15/h1-7,10-11H,8-9H2,(H,23,24)(H,25,26). The number of halogens is 3. The number of oxazole rings is 1. The average molecular weight is 376 g/mol. The van der Waals surface area contributed by atoms with Crippen molar-refractivity contribution in [3.8, 4) is 11.3 Å². The summed E-state index contributed by atoms with van der Waals surface area (Å²) in [5.74, 6) is -0.0179. The molecule has 0 radical (unpaired) electrons. The second-order valence-electron chi connectivity index (χ2n) is 5.52. The van der Waals surface area contributed by atoms with Crippen molar-refractivity contribution in [2.45, 2.75) is 6.18 Å². The lowest BCUT2D eigenvalue weighted by Crippen LogP contribution is -2.29. The summed E-state index contributed by atoms with van der Waals surface area (Å²) in [7, 11) is 0. The first-order chi connectivity index (χ1) is 12.9. The summed E-state index contributed by atoms with van der Waals surface area (Å²) in [5.41, 5.74) is 0.354. The van der Waals surface area contributed by atoms with Crippen molar-refractivity contribution < 1.29 is 22.4 Å². The highest BCUT2D eigenvalue weighted by atomic mass is 19.4. The van der Waals surface area contributed by atoms with Crippen LogP contribution in [0.25, 0.3) is 11.3 Å². The molecule has 27 heavy (non-hydrogen) atoms. The number of carbonyl (C=O) groups is 1. The molecule has 3 aromatic rings. The molecule has 0 aliphatic carbocycles. The highest BCUT2D eigenvalue weighted by Crippen LogP contribution is 2.33. The fraction of sp³-hybridized carbons (Fsp3) is 0.167. The minimum absolute atomic E-state index is 0.0992. The largest absolute Gasteiger partial charge is 0.444 e. The molecule has 3 rings (SSSR count). The lowest BCUT2D eigenvalue weighted by molar-refractivity contribution is -0.137. The Balaban J connectivity index is 1.52.